The first kappa shape index (κ1) is 18.6. The summed E-state index contributed by atoms with van der Waals surface area (Å²) in [7, 11) is -3.54. The Bertz CT molecular complexity index is 956. The van der Waals surface area contributed by atoms with Gasteiger partial charge in [-0.15, -0.1) is 0 Å². The molecule has 7 heteroatoms. The fourth-order valence-corrected chi connectivity index (χ4v) is 4.34. The van der Waals surface area contributed by atoms with Gasteiger partial charge in [0.2, 0.25) is 10.0 Å². The van der Waals surface area contributed by atoms with E-state index in [0.29, 0.717) is 22.7 Å². The van der Waals surface area contributed by atoms with E-state index in [1.165, 1.54) is 4.31 Å². The molecule has 0 saturated heterocycles. The number of carbonyl (C=O) groups excluding carboxylic acids is 1. The van der Waals surface area contributed by atoms with Gasteiger partial charge in [0.15, 0.2) is 0 Å². The average molecular weight is 391 g/mol. The molecule has 5 nitrogen and oxygen atoms in total. The molecule has 0 atom stereocenters. The van der Waals surface area contributed by atoms with Crippen molar-refractivity contribution >= 4 is 33.2 Å². The lowest BCUT2D eigenvalue weighted by Crippen LogP contribution is -2.36. The summed E-state index contributed by atoms with van der Waals surface area (Å²) in [5.41, 5.74) is 2.03. The number of benzene rings is 2. The molecule has 2 aromatic rings. The molecule has 1 amide bonds. The van der Waals surface area contributed by atoms with E-state index in [1.54, 1.807) is 54.6 Å². The third-order valence-electron chi connectivity index (χ3n) is 4.36. The molecular weight excluding hydrogens is 372 g/mol. The molecule has 0 spiro atoms. The Hall–Kier alpha value is -2.15. The number of rotatable bonds is 4. The summed E-state index contributed by atoms with van der Waals surface area (Å²) in [6.07, 6.45) is 2.02. The molecule has 26 heavy (non-hydrogen) atoms. The second-order valence-electron chi connectivity index (χ2n) is 6.02. The standard InChI is InChI=1S/C19H19ClN2O3S/c1-14-17(20)8-5-9-18(14)21-19(23)15-10-12-22(13-11-15)26(24,25)16-6-3-2-4-7-16/h2-10H,11-13H2,1H3,(H,21,23). The second-order valence-corrected chi connectivity index (χ2v) is 8.37. The highest BCUT2D eigenvalue weighted by molar-refractivity contribution is 7.89. The van der Waals surface area contributed by atoms with Gasteiger partial charge in [-0.25, -0.2) is 8.42 Å². The summed E-state index contributed by atoms with van der Waals surface area (Å²) in [6.45, 7) is 2.28. The summed E-state index contributed by atoms with van der Waals surface area (Å²) in [4.78, 5) is 12.7. The molecule has 0 radical (unpaired) electrons. The number of nitrogens with zero attached hydrogens (tertiary/aromatic N) is 1. The summed E-state index contributed by atoms with van der Waals surface area (Å²) < 4.78 is 26.6. The van der Waals surface area contributed by atoms with Crippen LogP contribution in [0.4, 0.5) is 5.69 Å². The Kier molecular flexibility index (Phi) is 5.46. The number of carbonyl (C=O) groups is 1. The zero-order valence-electron chi connectivity index (χ0n) is 14.3. The van der Waals surface area contributed by atoms with Crippen LogP contribution in [-0.2, 0) is 14.8 Å². The molecule has 1 aliphatic heterocycles. The van der Waals surface area contributed by atoms with Gasteiger partial charge in [0.1, 0.15) is 0 Å². The Balaban J connectivity index is 1.71. The first-order valence-corrected chi connectivity index (χ1v) is 10.0. The third kappa shape index (κ3) is 3.82. The maximum Gasteiger partial charge on any atom is 0.251 e. The molecule has 0 aromatic heterocycles. The predicted octanol–water partition coefficient (Wildman–Crippen LogP) is 3.61. The van der Waals surface area contributed by atoms with E-state index in [9.17, 15) is 13.2 Å². The van der Waals surface area contributed by atoms with Crippen LogP contribution in [0.15, 0.2) is 65.1 Å². The molecule has 1 N–H and O–H groups in total. The average Bonchev–Trinajstić information content (AvgIpc) is 2.66. The van der Waals surface area contributed by atoms with E-state index >= 15 is 0 Å². The monoisotopic (exact) mass is 390 g/mol. The van der Waals surface area contributed by atoms with E-state index in [-0.39, 0.29) is 23.9 Å². The maximum atomic E-state index is 12.6. The Morgan fingerprint density at radius 2 is 1.85 bits per heavy atom. The Labute approximate surface area is 158 Å². The molecule has 136 valence electrons. The molecular formula is C19H19ClN2O3S. The smallest absolute Gasteiger partial charge is 0.251 e. The number of sulfonamides is 1. The number of nitrogens with one attached hydrogen (secondary N) is 1. The van der Waals surface area contributed by atoms with Gasteiger partial charge in [-0.3, -0.25) is 4.79 Å². The van der Waals surface area contributed by atoms with Crippen LogP contribution in [0.3, 0.4) is 0 Å². The summed E-state index contributed by atoms with van der Waals surface area (Å²) >= 11 is 6.07. The lowest BCUT2D eigenvalue weighted by molar-refractivity contribution is -0.113. The van der Waals surface area contributed by atoms with Gasteiger partial charge < -0.3 is 5.32 Å². The van der Waals surface area contributed by atoms with Crippen LogP contribution in [-0.4, -0.2) is 31.7 Å². The van der Waals surface area contributed by atoms with E-state index in [0.717, 1.165) is 5.56 Å². The molecule has 0 saturated carbocycles. The van der Waals surface area contributed by atoms with Gasteiger partial charge in [0.05, 0.1) is 4.90 Å². The zero-order chi connectivity index (χ0) is 18.7. The number of anilines is 1. The van der Waals surface area contributed by atoms with Gasteiger partial charge >= 0.3 is 0 Å². The van der Waals surface area contributed by atoms with Crippen LogP contribution >= 0.6 is 11.6 Å². The first-order valence-electron chi connectivity index (χ1n) is 8.20. The molecule has 1 aliphatic rings. The van der Waals surface area contributed by atoms with Crippen LogP contribution in [0.2, 0.25) is 5.02 Å². The van der Waals surface area contributed by atoms with Crippen molar-refractivity contribution in [3.63, 3.8) is 0 Å². The first-order chi connectivity index (χ1) is 12.4. The van der Waals surface area contributed by atoms with Crippen molar-refractivity contribution in [3.8, 4) is 0 Å². The van der Waals surface area contributed by atoms with Crippen LogP contribution in [0, 0.1) is 6.92 Å². The SMILES string of the molecule is Cc1c(Cl)cccc1NC(=O)C1=CCN(S(=O)(=O)c2ccccc2)CC1. The highest BCUT2D eigenvalue weighted by Crippen LogP contribution is 2.25. The zero-order valence-corrected chi connectivity index (χ0v) is 15.8. The minimum absolute atomic E-state index is 0.175. The van der Waals surface area contributed by atoms with E-state index in [4.69, 9.17) is 11.6 Å². The lowest BCUT2D eigenvalue weighted by Gasteiger charge is -2.25. The third-order valence-corrected chi connectivity index (χ3v) is 6.65. The van der Waals surface area contributed by atoms with Crippen molar-refractivity contribution in [3.05, 3.63) is 70.8 Å². The molecule has 0 aliphatic carbocycles. The summed E-state index contributed by atoms with van der Waals surface area (Å²) in [5, 5.41) is 3.43. The molecule has 0 unspecified atom stereocenters. The number of hydrogen-bond acceptors (Lipinski definition) is 3. The van der Waals surface area contributed by atoms with Crippen molar-refractivity contribution in [1.82, 2.24) is 4.31 Å². The van der Waals surface area contributed by atoms with Crippen molar-refractivity contribution in [2.24, 2.45) is 0 Å². The van der Waals surface area contributed by atoms with Crippen molar-refractivity contribution in [2.75, 3.05) is 18.4 Å². The normalized spacial score (nSPS) is 15.4. The fraction of sp³-hybridized carbons (Fsp3) is 0.211. The number of hydrogen-bond donors (Lipinski definition) is 1. The fourth-order valence-electron chi connectivity index (χ4n) is 2.76. The second kappa shape index (κ2) is 7.61. The maximum absolute atomic E-state index is 12.6. The van der Waals surface area contributed by atoms with E-state index in [2.05, 4.69) is 5.32 Å². The van der Waals surface area contributed by atoms with E-state index < -0.39 is 10.0 Å². The number of halogens is 1. The largest absolute Gasteiger partial charge is 0.322 e. The molecule has 1 heterocycles. The van der Waals surface area contributed by atoms with Crippen molar-refractivity contribution in [1.29, 1.82) is 0 Å². The van der Waals surface area contributed by atoms with Gasteiger partial charge in [0.25, 0.3) is 5.91 Å². The van der Waals surface area contributed by atoms with Gasteiger partial charge in [0, 0.05) is 29.4 Å². The summed E-state index contributed by atoms with van der Waals surface area (Å²) in [6, 6.07) is 13.6. The van der Waals surface area contributed by atoms with Crippen molar-refractivity contribution in [2.45, 2.75) is 18.2 Å². The topological polar surface area (TPSA) is 66.5 Å². The summed E-state index contributed by atoms with van der Waals surface area (Å²) in [5.74, 6) is -0.230. The molecule has 0 bridgehead atoms. The minimum atomic E-state index is -3.54. The quantitative estimate of drug-likeness (QED) is 0.867. The Morgan fingerprint density at radius 1 is 1.12 bits per heavy atom. The van der Waals surface area contributed by atoms with Crippen molar-refractivity contribution < 1.29 is 13.2 Å². The molecule has 2 aromatic carbocycles. The van der Waals surface area contributed by atoms with Gasteiger partial charge in [-0.1, -0.05) is 41.9 Å². The predicted molar refractivity (Wildman–Crippen MR) is 103 cm³/mol. The van der Waals surface area contributed by atoms with E-state index in [1.807, 2.05) is 6.92 Å². The highest BCUT2D eigenvalue weighted by Gasteiger charge is 2.27. The number of amides is 1. The highest BCUT2D eigenvalue weighted by atomic mass is 35.5. The minimum Gasteiger partial charge on any atom is -0.322 e. The lowest BCUT2D eigenvalue weighted by atomic mass is 10.1. The van der Waals surface area contributed by atoms with Crippen LogP contribution in [0.1, 0.15) is 12.0 Å². The van der Waals surface area contributed by atoms with Crippen LogP contribution in [0.25, 0.3) is 0 Å². The molecule has 0 fully saturated rings. The molecule has 3 rings (SSSR count). The van der Waals surface area contributed by atoms with Gasteiger partial charge in [-0.05, 0) is 43.2 Å². The van der Waals surface area contributed by atoms with Crippen LogP contribution < -0.4 is 5.32 Å². The Morgan fingerprint density at radius 3 is 2.50 bits per heavy atom. The van der Waals surface area contributed by atoms with Gasteiger partial charge in [-0.2, -0.15) is 4.31 Å². The van der Waals surface area contributed by atoms with Crippen LogP contribution in [0.5, 0.6) is 0 Å².